The number of benzene rings is 1. The van der Waals surface area contributed by atoms with Crippen LogP contribution in [0.25, 0.3) is 0 Å². The third kappa shape index (κ3) is 5.73. The number of thioether (sulfide) groups is 1. The summed E-state index contributed by atoms with van der Waals surface area (Å²) in [5.74, 6) is -1.03. The molecule has 0 saturated carbocycles. The van der Waals surface area contributed by atoms with E-state index >= 15 is 0 Å². The number of nitro groups is 1. The van der Waals surface area contributed by atoms with E-state index in [0.29, 0.717) is 36.5 Å². The molecule has 0 aromatic heterocycles. The number of aliphatic carboxylic acids is 1. The number of carboxylic acids is 1. The van der Waals surface area contributed by atoms with Crippen LogP contribution in [0.3, 0.4) is 0 Å². The minimum atomic E-state index is -0.850. The minimum Gasteiger partial charge on any atom is -0.495 e. The summed E-state index contributed by atoms with van der Waals surface area (Å²) in [6.45, 7) is 0.330. The predicted octanol–water partition coefficient (Wildman–Crippen LogP) is 2.70. The summed E-state index contributed by atoms with van der Waals surface area (Å²) in [7, 11) is 1.41. The Morgan fingerprint density at radius 1 is 1.33 bits per heavy atom. The molecule has 24 heavy (non-hydrogen) atoms. The summed E-state index contributed by atoms with van der Waals surface area (Å²) >= 11 is 1.33. The second kappa shape index (κ2) is 9.76. The van der Waals surface area contributed by atoms with Gasteiger partial charge in [0.1, 0.15) is 11.3 Å². The molecule has 0 radical (unpaired) electrons. The van der Waals surface area contributed by atoms with Crippen LogP contribution in [0.2, 0.25) is 0 Å². The van der Waals surface area contributed by atoms with Crippen LogP contribution in [0.5, 0.6) is 5.75 Å². The molecule has 1 rings (SSSR count). The molecule has 0 aliphatic heterocycles. The normalized spacial score (nSPS) is 10.2. The molecule has 9 heteroatoms. The quantitative estimate of drug-likeness (QED) is 0.286. The number of carbonyl (C=O) groups is 2. The Balaban J connectivity index is 2.75. The summed E-state index contributed by atoms with van der Waals surface area (Å²) in [5.41, 5.74) is -0.330. The predicted molar refractivity (Wildman–Crippen MR) is 89.9 cm³/mol. The molecule has 132 valence electrons. The number of carbonyl (C=O) groups excluding carboxylic acids is 1. The van der Waals surface area contributed by atoms with E-state index in [-0.39, 0.29) is 17.7 Å². The third-order valence-electron chi connectivity index (χ3n) is 3.30. The van der Waals surface area contributed by atoms with Crippen LogP contribution in [0.4, 0.5) is 5.69 Å². The average Bonchev–Trinajstić information content (AvgIpc) is 2.55. The minimum absolute atomic E-state index is 0.0179. The van der Waals surface area contributed by atoms with E-state index in [0.717, 1.165) is 0 Å². The Kier molecular flexibility index (Phi) is 8.03. The first kappa shape index (κ1) is 19.8. The molecule has 1 amide bonds. The maximum absolute atomic E-state index is 12.2. The van der Waals surface area contributed by atoms with E-state index in [9.17, 15) is 19.7 Å². The summed E-state index contributed by atoms with van der Waals surface area (Å²) in [6, 6.07) is 2.69. The fraction of sp³-hybridized carbons (Fsp3) is 0.467. The molecule has 0 unspecified atom stereocenters. The molecule has 0 aliphatic rings. The molecular formula is C15H20N2O6S. The van der Waals surface area contributed by atoms with Gasteiger partial charge in [0.05, 0.1) is 23.0 Å². The van der Waals surface area contributed by atoms with Gasteiger partial charge < -0.3 is 15.2 Å². The van der Waals surface area contributed by atoms with Crippen molar-refractivity contribution in [1.82, 2.24) is 5.32 Å². The van der Waals surface area contributed by atoms with Gasteiger partial charge in [-0.05, 0) is 25.2 Å². The number of carboxylic acid groups (broad SMARTS) is 1. The number of nitro benzene ring substituents is 1. The van der Waals surface area contributed by atoms with Crippen LogP contribution >= 0.6 is 11.8 Å². The van der Waals surface area contributed by atoms with Gasteiger partial charge >= 0.3 is 5.97 Å². The largest absolute Gasteiger partial charge is 0.495 e. The van der Waals surface area contributed by atoms with E-state index in [4.69, 9.17) is 9.84 Å². The highest BCUT2D eigenvalue weighted by Gasteiger charge is 2.23. The van der Waals surface area contributed by atoms with Crippen molar-refractivity contribution in [2.75, 3.05) is 19.9 Å². The van der Waals surface area contributed by atoms with Gasteiger partial charge in [0.25, 0.3) is 11.6 Å². The van der Waals surface area contributed by atoms with Gasteiger partial charge in [-0.1, -0.05) is 6.42 Å². The second-order valence-corrected chi connectivity index (χ2v) is 5.79. The summed E-state index contributed by atoms with van der Waals surface area (Å²) in [6.07, 6.45) is 3.68. The van der Waals surface area contributed by atoms with Gasteiger partial charge in [-0.25, -0.2) is 0 Å². The Morgan fingerprint density at radius 2 is 2.04 bits per heavy atom. The zero-order chi connectivity index (χ0) is 18.1. The average molecular weight is 356 g/mol. The molecule has 1 aromatic rings. The molecule has 0 atom stereocenters. The van der Waals surface area contributed by atoms with Crippen LogP contribution in [0, 0.1) is 10.1 Å². The van der Waals surface area contributed by atoms with Crippen molar-refractivity contribution in [3.8, 4) is 5.75 Å². The van der Waals surface area contributed by atoms with Gasteiger partial charge in [0, 0.05) is 13.0 Å². The van der Waals surface area contributed by atoms with Crippen molar-refractivity contribution in [2.45, 2.75) is 30.6 Å². The van der Waals surface area contributed by atoms with Crippen molar-refractivity contribution in [3.63, 3.8) is 0 Å². The summed E-state index contributed by atoms with van der Waals surface area (Å²) < 4.78 is 5.10. The number of hydrogen-bond acceptors (Lipinski definition) is 6. The lowest BCUT2D eigenvalue weighted by molar-refractivity contribution is -0.385. The van der Waals surface area contributed by atoms with Crippen LogP contribution in [-0.2, 0) is 4.79 Å². The maximum atomic E-state index is 12.2. The standard InChI is InChI=1S/C15H20N2O6S/c1-23-12-9-11(17(21)22)10(8-13(12)24-2)15(20)16-7-5-3-4-6-14(18)19/h8-9H,3-7H2,1-2H3,(H,16,20)(H,18,19). The van der Waals surface area contributed by atoms with Crippen molar-refractivity contribution in [2.24, 2.45) is 0 Å². The first-order valence-corrected chi connectivity index (χ1v) is 8.53. The topological polar surface area (TPSA) is 119 Å². The lowest BCUT2D eigenvalue weighted by Crippen LogP contribution is -2.25. The molecule has 0 saturated heterocycles. The number of unbranched alkanes of at least 4 members (excludes halogenated alkanes) is 2. The van der Waals surface area contributed by atoms with E-state index in [1.807, 2.05) is 0 Å². The van der Waals surface area contributed by atoms with Crippen molar-refractivity contribution in [1.29, 1.82) is 0 Å². The van der Waals surface area contributed by atoms with Gasteiger partial charge in [-0.15, -0.1) is 11.8 Å². The smallest absolute Gasteiger partial charge is 0.303 e. The van der Waals surface area contributed by atoms with Gasteiger partial charge in [0.15, 0.2) is 0 Å². The molecule has 2 N–H and O–H groups in total. The SMILES string of the molecule is COc1cc([N+](=O)[O-])c(C(=O)NCCCCCC(=O)O)cc1SC. The number of ether oxygens (including phenoxy) is 1. The van der Waals surface area contributed by atoms with Crippen LogP contribution in [0.15, 0.2) is 17.0 Å². The van der Waals surface area contributed by atoms with Gasteiger partial charge in [-0.2, -0.15) is 0 Å². The molecule has 1 aromatic carbocycles. The highest BCUT2D eigenvalue weighted by atomic mass is 32.2. The van der Waals surface area contributed by atoms with Crippen molar-refractivity contribution >= 4 is 29.3 Å². The Labute approximate surface area is 143 Å². The molecule has 0 bridgehead atoms. The zero-order valence-electron chi connectivity index (χ0n) is 13.5. The fourth-order valence-corrected chi connectivity index (χ4v) is 2.66. The Bertz CT molecular complexity index is 620. The molecule has 0 spiro atoms. The van der Waals surface area contributed by atoms with E-state index in [2.05, 4.69) is 5.32 Å². The monoisotopic (exact) mass is 356 g/mol. The lowest BCUT2D eigenvalue weighted by atomic mass is 10.1. The number of rotatable bonds is 10. The number of amides is 1. The summed E-state index contributed by atoms with van der Waals surface area (Å²) in [5, 5.41) is 22.3. The van der Waals surface area contributed by atoms with Crippen molar-refractivity contribution < 1.29 is 24.4 Å². The first-order chi connectivity index (χ1) is 11.4. The third-order valence-corrected chi connectivity index (χ3v) is 4.06. The first-order valence-electron chi connectivity index (χ1n) is 7.31. The van der Waals surface area contributed by atoms with Gasteiger partial charge in [0.2, 0.25) is 0 Å². The molecule has 8 nitrogen and oxygen atoms in total. The van der Waals surface area contributed by atoms with Crippen LogP contribution in [0.1, 0.15) is 36.0 Å². The number of methoxy groups -OCH3 is 1. The van der Waals surface area contributed by atoms with Crippen LogP contribution in [-0.4, -0.2) is 41.8 Å². The molecule has 0 aliphatic carbocycles. The number of nitrogens with zero attached hydrogens (tertiary/aromatic N) is 1. The van der Waals surface area contributed by atoms with Crippen LogP contribution < -0.4 is 10.1 Å². The second-order valence-electron chi connectivity index (χ2n) is 4.94. The molecule has 0 fully saturated rings. The maximum Gasteiger partial charge on any atom is 0.303 e. The molecule has 0 heterocycles. The van der Waals surface area contributed by atoms with E-state index < -0.39 is 16.8 Å². The lowest BCUT2D eigenvalue weighted by Gasteiger charge is -2.10. The van der Waals surface area contributed by atoms with Gasteiger partial charge in [-0.3, -0.25) is 19.7 Å². The van der Waals surface area contributed by atoms with E-state index in [1.54, 1.807) is 6.26 Å². The highest BCUT2D eigenvalue weighted by Crippen LogP contribution is 2.34. The Morgan fingerprint density at radius 3 is 2.58 bits per heavy atom. The number of nitrogens with one attached hydrogen (secondary N) is 1. The van der Waals surface area contributed by atoms with Crippen molar-refractivity contribution in [3.05, 3.63) is 27.8 Å². The fourth-order valence-electron chi connectivity index (χ4n) is 2.08. The number of hydrogen-bond donors (Lipinski definition) is 2. The Hall–Kier alpha value is -2.29. The summed E-state index contributed by atoms with van der Waals surface area (Å²) in [4.78, 5) is 33.8. The van der Waals surface area contributed by atoms with E-state index in [1.165, 1.54) is 31.0 Å². The highest BCUT2D eigenvalue weighted by molar-refractivity contribution is 7.98. The molecular weight excluding hydrogens is 336 g/mol. The zero-order valence-corrected chi connectivity index (χ0v) is 14.4.